The van der Waals surface area contributed by atoms with Crippen molar-refractivity contribution in [2.24, 2.45) is 0 Å². The maximum Gasteiger partial charge on any atom is 0.228 e. The summed E-state index contributed by atoms with van der Waals surface area (Å²) in [6.45, 7) is 2.27. The molecule has 33 heavy (non-hydrogen) atoms. The van der Waals surface area contributed by atoms with Crippen LogP contribution in [-0.2, 0) is 4.79 Å². The Morgan fingerprint density at radius 3 is 1.64 bits per heavy atom. The Hall–Kier alpha value is -0.160. The number of carbonyl (C=O) groups is 1. The van der Waals surface area contributed by atoms with Crippen molar-refractivity contribution in [2.45, 2.75) is 120 Å². The highest BCUT2D eigenvalue weighted by Gasteiger charge is 2.33. The SMILES string of the molecule is CCCCCCCCCCCCCCCCCC(=O)N[C@@H](Nc1ccc(Br)cc1)C(Cl)(Cl)Cl. The molecule has 0 heterocycles. The summed E-state index contributed by atoms with van der Waals surface area (Å²) in [5, 5.41) is 5.89. The first-order valence-corrected chi connectivity index (χ1v) is 14.6. The highest BCUT2D eigenvalue weighted by Crippen LogP contribution is 2.31. The fraction of sp³-hybridized carbons (Fsp3) is 0.731. The zero-order chi connectivity index (χ0) is 24.4. The van der Waals surface area contributed by atoms with E-state index in [1.165, 1.54) is 83.5 Å². The monoisotopic (exact) mass is 582 g/mol. The van der Waals surface area contributed by atoms with Gasteiger partial charge in [-0.15, -0.1) is 0 Å². The van der Waals surface area contributed by atoms with Crippen LogP contribution >= 0.6 is 50.7 Å². The van der Waals surface area contributed by atoms with Gasteiger partial charge in [-0.1, -0.05) is 148 Å². The molecule has 0 saturated carbocycles. The third kappa shape index (κ3) is 17.0. The average Bonchev–Trinajstić information content (AvgIpc) is 2.76. The number of benzene rings is 1. The molecule has 0 radical (unpaired) electrons. The Labute approximate surface area is 225 Å². The predicted molar refractivity (Wildman–Crippen MR) is 150 cm³/mol. The normalized spacial score (nSPS) is 12.5. The van der Waals surface area contributed by atoms with E-state index in [2.05, 4.69) is 33.5 Å². The lowest BCUT2D eigenvalue weighted by atomic mass is 10.0. The van der Waals surface area contributed by atoms with Gasteiger partial charge >= 0.3 is 0 Å². The highest BCUT2D eigenvalue weighted by molar-refractivity contribution is 9.10. The Bertz CT molecular complexity index is 623. The molecule has 1 aromatic rings. The Morgan fingerprint density at radius 2 is 1.21 bits per heavy atom. The number of rotatable bonds is 19. The van der Waals surface area contributed by atoms with Gasteiger partial charge in [0.05, 0.1) is 0 Å². The van der Waals surface area contributed by atoms with Crippen LogP contribution in [0, 0.1) is 0 Å². The summed E-state index contributed by atoms with van der Waals surface area (Å²) >= 11 is 21.6. The summed E-state index contributed by atoms with van der Waals surface area (Å²) < 4.78 is -0.701. The van der Waals surface area contributed by atoms with Crippen LogP contribution in [0.1, 0.15) is 110 Å². The fourth-order valence-corrected chi connectivity index (χ4v) is 4.39. The van der Waals surface area contributed by atoms with Crippen molar-refractivity contribution in [1.29, 1.82) is 0 Å². The number of hydrogen-bond donors (Lipinski definition) is 2. The minimum atomic E-state index is -1.65. The third-order valence-corrected chi connectivity index (χ3v) is 6.98. The van der Waals surface area contributed by atoms with Crippen molar-refractivity contribution in [3.63, 3.8) is 0 Å². The third-order valence-electron chi connectivity index (χ3n) is 5.80. The zero-order valence-corrected chi connectivity index (χ0v) is 24.0. The Kier molecular flexibility index (Phi) is 17.8. The largest absolute Gasteiger partial charge is 0.362 e. The van der Waals surface area contributed by atoms with Crippen LogP contribution in [0.5, 0.6) is 0 Å². The van der Waals surface area contributed by atoms with Gasteiger partial charge in [0.25, 0.3) is 0 Å². The van der Waals surface area contributed by atoms with E-state index < -0.39 is 9.96 Å². The molecule has 0 unspecified atom stereocenters. The molecule has 1 amide bonds. The minimum absolute atomic E-state index is 0.106. The van der Waals surface area contributed by atoms with Gasteiger partial charge in [0, 0.05) is 16.6 Å². The molecule has 0 bridgehead atoms. The lowest BCUT2D eigenvalue weighted by Crippen LogP contribution is -2.49. The number of carbonyl (C=O) groups excluding carboxylic acids is 1. The zero-order valence-electron chi connectivity index (χ0n) is 20.1. The highest BCUT2D eigenvalue weighted by atomic mass is 79.9. The first-order valence-electron chi connectivity index (χ1n) is 12.7. The van der Waals surface area contributed by atoms with Gasteiger partial charge in [0.15, 0.2) is 0 Å². The van der Waals surface area contributed by atoms with Crippen LogP contribution in [0.4, 0.5) is 5.69 Å². The second-order valence-corrected chi connectivity index (χ2v) is 12.2. The maximum atomic E-state index is 12.3. The van der Waals surface area contributed by atoms with Crippen LogP contribution in [0.15, 0.2) is 28.7 Å². The van der Waals surface area contributed by atoms with Gasteiger partial charge in [-0.05, 0) is 30.7 Å². The van der Waals surface area contributed by atoms with Gasteiger partial charge in [0.1, 0.15) is 6.17 Å². The van der Waals surface area contributed by atoms with E-state index in [0.717, 1.165) is 23.0 Å². The molecular formula is C26H42BrCl3N2O. The molecule has 1 atom stereocenters. The first kappa shape index (κ1) is 30.9. The molecule has 0 aliphatic rings. The van der Waals surface area contributed by atoms with Crippen molar-refractivity contribution in [3.05, 3.63) is 28.7 Å². The van der Waals surface area contributed by atoms with E-state index in [4.69, 9.17) is 34.8 Å². The smallest absolute Gasteiger partial charge is 0.228 e. The molecule has 0 spiro atoms. The molecule has 7 heteroatoms. The molecule has 0 aliphatic heterocycles. The fourth-order valence-electron chi connectivity index (χ4n) is 3.80. The van der Waals surface area contributed by atoms with E-state index >= 15 is 0 Å². The molecule has 2 N–H and O–H groups in total. The van der Waals surface area contributed by atoms with Crippen molar-refractivity contribution < 1.29 is 4.79 Å². The van der Waals surface area contributed by atoms with E-state index in [1.807, 2.05) is 24.3 Å². The predicted octanol–water partition coefficient (Wildman–Crippen LogP) is 9.93. The van der Waals surface area contributed by atoms with Crippen LogP contribution in [-0.4, -0.2) is 15.9 Å². The van der Waals surface area contributed by atoms with E-state index in [0.29, 0.717) is 6.42 Å². The number of alkyl halides is 3. The van der Waals surface area contributed by atoms with Crippen molar-refractivity contribution in [3.8, 4) is 0 Å². The standard InChI is InChI=1S/C26H42BrCl3N2O/c1-2-3-4-5-6-7-8-9-10-11-12-13-14-15-16-17-24(33)32-25(26(28,29)30)31-23-20-18-22(27)19-21-23/h18-21,25,31H,2-17H2,1H3,(H,32,33)/t25-/m1/s1. The molecule has 1 aromatic carbocycles. The average molecular weight is 585 g/mol. The summed E-state index contributed by atoms with van der Waals surface area (Å²) in [5.41, 5.74) is 0.766. The lowest BCUT2D eigenvalue weighted by Gasteiger charge is -2.27. The number of nitrogens with one attached hydrogen (secondary N) is 2. The quantitative estimate of drug-likeness (QED) is 0.0965. The molecule has 0 saturated heterocycles. The number of halogens is 4. The van der Waals surface area contributed by atoms with Crippen LogP contribution in [0.2, 0.25) is 0 Å². The summed E-state index contributed by atoms with van der Waals surface area (Å²) in [6.07, 6.45) is 19.1. The second-order valence-electron chi connectivity index (χ2n) is 8.89. The van der Waals surface area contributed by atoms with E-state index in [-0.39, 0.29) is 5.91 Å². The van der Waals surface area contributed by atoms with Gasteiger partial charge in [-0.3, -0.25) is 4.79 Å². The molecule has 0 fully saturated rings. The summed E-state index contributed by atoms with van der Waals surface area (Å²) in [5.74, 6) is -0.106. The number of anilines is 1. The van der Waals surface area contributed by atoms with Gasteiger partial charge < -0.3 is 10.6 Å². The molecule has 0 aliphatic carbocycles. The van der Waals surface area contributed by atoms with Gasteiger partial charge in [-0.2, -0.15) is 0 Å². The van der Waals surface area contributed by atoms with Crippen molar-refractivity contribution in [1.82, 2.24) is 5.32 Å². The Balaban J connectivity index is 2.05. The van der Waals surface area contributed by atoms with E-state index in [1.54, 1.807) is 0 Å². The van der Waals surface area contributed by atoms with Crippen molar-refractivity contribution in [2.75, 3.05) is 5.32 Å². The summed E-state index contributed by atoms with van der Waals surface area (Å²) in [6, 6.07) is 7.48. The number of amides is 1. The molecule has 190 valence electrons. The minimum Gasteiger partial charge on any atom is -0.362 e. The summed E-state index contributed by atoms with van der Waals surface area (Å²) in [7, 11) is 0. The number of hydrogen-bond acceptors (Lipinski definition) is 2. The molecule has 0 aromatic heterocycles. The molecule has 3 nitrogen and oxygen atoms in total. The summed E-state index contributed by atoms with van der Waals surface area (Å²) in [4.78, 5) is 12.3. The Morgan fingerprint density at radius 1 is 0.788 bits per heavy atom. The second kappa shape index (κ2) is 19.1. The topological polar surface area (TPSA) is 41.1 Å². The lowest BCUT2D eigenvalue weighted by molar-refractivity contribution is -0.121. The molecule has 1 rings (SSSR count). The first-order chi connectivity index (χ1) is 15.8. The van der Waals surface area contributed by atoms with Crippen molar-refractivity contribution >= 4 is 62.3 Å². The van der Waals surface area contributed by atoms with Crippen LogP contribution in [0.3, 0.4) is 0 Å². The maximum absolute atomic E-state index is 12.3. The van der Waals surface area contributed by atoms with E-state index in [9.17, 15) is 4.79 Å². The van der Waals surface area contributed by atoms with Crippen LogP contribution in [0.25, 0.3) is 0 Å². The molecular weight excluding hydrogens is 543 g/mol. The van der Waals surface area contributed by atoms with Gasteiger partial charge in [-0.25, -0.2) is 0 Å². The number of unbranched alkanes of at least 4 members (excludes halogenated alkanes) is 14. The van der Waals surface area contributed by atoms with Crippen LogP contribution < -0.4 is 10.6 Å². The van der Waals surface area contributed by atoms with Gasteiger partial charge in [0.2, 0.25) is 9.70 Å².